The number of halogens is 4. The summed E-state index contributed by atoms with van der Waals surface area (Å²) in [5, 5.41) is 6.01. The number of piperidine rings is 1. The molecule has 7 heteroatoms. The molecule has 1 atom stereocenters. The normalized spacial score (nSPS) is 18.7. The third-order valence-corrected chi connectivity index (χ3v) is 3.28. The summed E-state index contributed by atoms with van der Waals surface area (Å²) >= 11 is 0. The number of alkyl halides is 3. The maximum Gasteiger partial charge on any atom is 0.416 e. The molecule has 2 rings (SSSR count). The van der Waals surface area contributed by atoms with Gasteiger partial charge in [0.05, 0.1) is 12.0 Å². The minimum atomic E-state index is -4.38. The van der Waals surface area contributed by atoms with Crippen LogP contribution in [0.5, 0.6) is 0 Å². The molecule has 1 heterocycles. The molecule has 0 radical (unpaired) electrons. The van der Waals surface area contributed by atoms with Crippen LogP contribution in [0.1, 0.15) is 24.0 Å². The second kappa shape index (κ2) is 7.66. The van der Waals surface area contributed by atoms with Crippen molar-refractivity contribution in [3.05, 3.63) is 35.4 Å². The first-order valence-electron chi connectivity index (χ1n) is 6.61. The molecule has 0 unspecified atom stereocenters. The van der Waals surface area contributed by atoms with Crippen molar-refractivity contribution in [1.29, 1.82) is 0 Å². The monoisotopic (exact) mass is 322 g/mol. The van der Waals surface area contributed by atoms with Crippen molar-refractivity contribution in [2.24, 2.45) is 0 Å². The van der Waals surface area contributed by atoms with Crippen molar-refractivity contribution in [3.63, 3.8) is 0 Å². The van der Waals surface area contributed by atoms with Gasteiger partial charge < -0.3 is 10.6 Å². The van der Waals surface area contributed by atoms with E-state index in [4.69, 9.17) is 0 Å². The fourth-order valence-electron chi connectivity index (χ4n) is 2.30. The zero-order valence-electron chi connectivity index (χ0n) is 11.4. The molecule has 1 aromatic rings. The van der Waals surface area contributed by atoms with Gasteiger partial charge >= 0.3 is 6.18 Å². The van der Waals surface area contributed by atoms with E-state index >= 15 is 0 Å². The van der Waals surface area contributed by atoms with Crippen molar-refractivity contribution in [1.82, 2.24) is 10.6 Å². The summed E-state index contributed by atoms with van der Waals surface area (Å²) in [4.78, 5) is 11.8. The molecule has 0 spiro atoms. The fraction of sp³-hybridized carbons (Fsp3) is 0.500. The first-order chi connectivity index (χ1) is 9.45. The molecule has 2 N–H and O–H groups in total. The van der Waals surface area contributed by atoms with Crippen molar-refractivity contribution >= 4 is 18.3 Å². The summed E-state index contributed by atoms with van der Waals surface area (Å²) in [6, 6.07) is 4.97. The first kappa shape index (κ1) is 17.8. The predicted octanol–water partition coefficient (Wildman–Crippen LogP) is 2.54. The van der Waals surface area contributed by atoms with Crippen molar-refractivity contribution in [3.8, 4) is 0 Å². The Morgan fingerprint density at radius 2 is 2.14 bits per heavy atom. The number of amides is 1. The average Bonchev–Trinajstić information content (AvgIpc) is 2.39. The third kappa shape index (κ3) is 5.55. The number of carbonyl (C=O) groups is 1. The quantitative estimate of drug-likeness (QED) is 0.898. The molecule has 1 amide bonds. The highest BCUT2D eigenvalue weighted by Crippen LogP contribution is 2.29. The minimum Gasteiger partial charge on any atom is -0.352 e. The maximum atomic E-state index is 12.6. The second-order valence-corrected chi connectivity index (χ2v) is 4.99. The van der Waals surface area contributed by atoms with Gasteiger partial charge in [-0.1, -0.05) is 18.2 Å². The van der Waals surface area contributed by atoms with E-state index in [2.05, 4.69) is 10.6 Å². The van der Waals surface area contributed by atoms with E-state index in [0.29, 0.717) is 12.1 Å². The predicted molar refractivity (Wildman–Crippen MR) is 76.4 cm³/mol. The molecule has 1 fully saturated rings. The number of benzene rings is 1. The maximum absolute atomic E-state index is 12.6. The summed E-state index contributed by atoms with van der Waals surface area (Å²) in [5.74, 6) is -0.238. The Kier molecular flexibility index (Phi) is 6.48. The smallest absolute Gasteiger partial charge is 0.352 e. The van der Waals surface area contributed by atoms with Crippen LogP contribution in [0.15, 0.2) is 24.3 Å². The molecule has 1 aromatic carbocycles. The molecule has 1 saturated heterocycles. The highest BCUT2D eigenvalue weighted by Gasteiger charge is 2.30. The van der Waals surface area contributed by atoms with E-state index < -0.39 is 11.7 Å². The van der Waals surface area contributed by atoms with Gasteiger partial charge in [-0.15, -0.1) is 12.4 Å². The summed E-state index contributed by atoms with van der Waals surface area (Å²) in [7, 11) is 0. The average molecular weight is 323 g/mol. The van der Waals surface area contributed by atoms with Gasteiger partial charge in [-0.3, -0.25) is 4.79 Å². The lowest BCUT2D eigenvalue weighted by Crippen LogP contribution is -2.46. The van der Waals surface area contributed by atoms with Crippen LogP contribution in [-0.2, 0) is 17.4 Å². The molecule has 21 heavy (non-hydrogen) atoms. The van der Waals surface area contributed by atoms with Gasteiger partial charge in [0.1, 0.15) is 0 Å². The lowest BCUT2D eigenvalue weighted by atomic mass is 10.1. The Labute approximate surface area is 127 Å². The standard InChI is InChI=1S/C14H17F3N2O.ClH/c15-14(16,17)11-4-1-3-10(7-11)8-13(20)19-12-5-2-6-18-9-12;/h1,3-4,7,12,18H,2,5-6,8-9H2,(H,19,20);1H/t12-;/m0./s1. The molecule has 3 nitrogen and oxygen atoms in total. The van der Waals surface area contributed by atoms with E-state index in [-0.39, 0.29) is 30.8 Å². The van der Waals surface area contributed by atoms with Gasteiger partial charge in [-0.05, 0) is 31.0 Å². The SMILES string of the molecule is Cl.O=C(Cc1cccc(C(F)(F)F)c1)N[C@H]1CCCNC1. The fourth-order valence-corrected chi connectivity index (χ4v) is 2.30. The first-order valence-corrected chi connectivity index (χ1v) is 6.61. The van der Waals surface area contributed by atoms with Crippen molar-refractivity contribution in [2.75, 3.05) is 13.1 Å². The third-order valence-electron chi connectivity index (χ3n) is 3.28. The van der Waals surface area contributed by atoms with E-state index in [0.717, 1.165) is 31.5 Å². The van der Waals surface area contributed by atoms with Crippen LogP contribution in [0.4, 0.5) is 13.2 Å². The summed E-state index contributed by atoms with van der Waals surface area (Å²) < 4.78 is 37.7. The molecular weight excluding hydrogens is 305 g/mol. The Morgan fingerprint density at radius 1 is 1.38 bits per heavy atom. The van der Waals surface area contributed by atoms with Crippen molar-refractivity contribution < 1.29 is 18.0 Å². The van der Waals surface area contributed by atoms with E-state index in [1.54, 1.807) is 0 Å². The van der Waals surface area contributed by atoms with Crippen LogP contribution in [0.2, 0.25) is 0 Å². The number of carbonyl (C=O) groups excluding carboxylic acids is 1. The van der Waals surface area contributed by atoms with E-state index in [1.807, 2.05) is 0 Å². The van der Waals surface area contributed by atoms with Crippen LogP contribution in [0, 0.1) is 0 Å². The van der Waals surface area contributed by atoms with Crippen LogP contribution in [-0.4, -0.2) is 25.0 Å². The molecule has 1 aliphatic heterocycles. The van der Waals surface area contributed by atoms with Gasteiger partial charge in [0.2, 0.25) is 5.91 Å². The Bertz CT molecular complexity index is 474. The van der Waals surface area contributed by atoms with Gasteiger partial charge in [0, 0.05) is 12.6 Å². The number of hydrogen-bond donors (Lipinski definition) is 2. The highest BCUT2D eigenvalue weighted by atomic mass is 35.5. The summed E-state index contributed by atoms with van der Waals surface area (Å²) in [5.41, 5.74) is -0.344. The number of nitrogens with one attached hydrogen (secondary N) is 2. The Hall–Kier alpha value is -1.27. The molecule has 0 bridgehead atoms. The lowest BCUT2D eigenvalue weighted by Gasteiger charge is -2.23. The van der Waals surface area contributed by atoms with Crippen LogP contribution in [0.25, 0.3) is 0 Å². The zero-order valence-corrected chi connectivity index (χ0v) is 12.2. The molecule has 118 valence electrons. The van der Waals surface area contributed by atoms with E-state index in [9.17, 15) is 18.0 Å². The van der Waals surface area contributed by atoms with Crippen molar-refractivity contribution in [2.45, 2.75) is 31.5 Å². The van der Waals surface area contributed by atoms with Crippen LogP contribution >= 0.6 is 12.4 Å². The molecule has 0 saturated carbocycles. The second-order valence-electron chi connectivity index (χ2n) is 4.99. The topological polar surface area (TPSA) is 41.1 Å². The zero-order chi connectivity index (χ0) is 14.6. The van der Waals surface area contributed by atoms with Gasteiger partial charge in [-0.25, -0.2) is 0 Å². The van der Waals surface area contributed by atoms with Gasteiger partial charge in [0.15, 0.2) is 0 Å². The summed E-state index contributed by atoms with van der Waals surface area (Å²) in [6.45, 7) is 1.66. The molecular formula is C14H18ClF3N2O. The molecule has 1 aliphatic rings. The molecule has 0 aliphatic carbocycles. The minimum absolute atomic E-state index is 0. The van der Waals surface area contributed by atoms with Gasteiger partial charge in [0.25, 0.3) is 0 Å². The summed E-state index contributed by atoms with van der Waals surface area (Å²) in [6.07, 6.45) is -2.50. The number of hydrogen-bond acceptors (Lipinski definition) is 2. The molecule has 0 aromatic heterocycles. The Balaban J connectivity index is 0.00000220. The van der Waals surface area contributed by atoms with Crippen LogP contribution in [0.3, 0.4) is 0 Å². The van der Waals surface area contributed by atoms with Crippen LogP contribution < -0.4 is 10.6 Å². The Morgan fingerprint density at radius 3 is 2.76 bits per heavy atom. The number of rotatable bonds is 3. The highest BCUT2D eigenvalue weighted by molar-refractivity contribution is 5.85. The van der Waals surface area contributed by atoms with E-state index in [1.165, 1.54) is 12.1 Å². The largest absolute Gasteiger partial charge is 0.416 e. The lowest BCUT2D eigenvalue weighted by molar-refractivity contribution is -0.137. The van der Waals surface area contributed by atoms with Gasteiger partial charge in [-0.2, -0.15) is 13.2 Å².